The zero-order valence-electron chi connectivity index (χ0n) is 10.7. The first-order chi connectivity index (χ1) is 8.16. The summed E-state index contributed by atoms with van der Waals surface area (Å²) < 4.78 is 4.14. The number of likely N-dealkylation sites (tertiary alicyclic amines) is 1. The van der Waals surface area contributed by atoms with Crippen LogP contribution in [-0.2, 0) is 0 Å². The predicted octanol–water partition coefficient (Wildman–Crippen LogP) is 2.18. The maximum absolute atomic E-state index is 5.72. The van der Waals surface area contributed by atoms with E-state index in [9.17, 15) is 0 Å². The summed E-state index contributed by atoms with van der Waals surface area (Å²) in [7, 11) is 2.21. The molecule has 0 aromatic carbocycles. The molecule has 17 heavy (non-hydrogen) atoms. The summed E-state index contributed by atoms with van der Waals surface area (Å²) in [6.45, 7) is 5.56. The highest BCUT2D eigenvalue weighted by Gasteiger charge is 2.16. The van der Waals surface area contributed by atoms with Gasteiger partial charge in [-0.3, -0.25) is 0 Å². The molecule has 1 aromatic rings. The van der Waals surface area contributed by atoms with Crippen molar-refractivity contribution in [3.05, 3.63) is 5.56 Å². The number of aromatic nitrogens is 1. The number of hydrogen-bond acceptors (Lipinski definition) is 5. The second-order valence-electron chi connectivity index (χ2n) is 4.98. The van der Waals surface area contributed by atoms with Crippen LogP contribution in [0.2, 0.25) is 0 Å². The van der Waals surface area contributed by atoms with E-state index in [1.165, 1.54) is 43.9 Å². The van der Waals surface area contributed by atoms with Gasteiger partial charge in [-0.05, 0) is 63.8 Å². The second kappa shape index (κ2) is 5.69. The lowest BCUT2D eigenvalue weighted by molar-refractivity contribution is 0.215. The number of piperidine rings is 1. The highest BCUT2D eigenvalue weighted by Crippen LogP contribution is 2.26. The number of nitrogens with zero attached hydrogens (tertiary/aromatic N) is 2. The van der Waals surface area contributed by atoms with Crippen LogP contribution in [0.3, 0.4) is 0 Å². The molecular formula is C12H22N4S. The number of nitrogens with two attached hydrogens (primary N) is 1. The van der Waals surface area contributed by atoms with E-state index in [0.717, 1.165) is 23.0 Å². The Hall–Kier alpha value is -0.810. The smallest absolute Gasteiger partial charge is 0.142 e. The normalized spacial score (nSPS) is 18.5. The van der Waals surface area contributed by atoms with Gasteiger partial charge in [-0.15, -0.1) is 0 Å². The van der Waals surface area contributed by atoms with E-state index in [4.69, 9.17) is 5.73 Å². The van der Waals surface area contributed by atoms with Gasteiger partial charge in [0.05, 0.1) is 0 Å². The average molecular weight is 254 g/mol. The lowest BCUT2D eigenvalue weighted by atomic mass is 9.94. The molecule has 1 aliphatic rings. The lowest BCUT2D eigenvalue weighted by Gasteiger charge is -2.28. The molecule has 3 N–H and O–H groups in total. The van der Waals surface area contributed by atoms with Crippen LogP contribution in [-0.4, -0.2) is 36.0 Å². The van der Waals surface area contributed by atoms with Crippen molar-refractivity contribution < 1.29 is 0 Å². The van der Waals surface area contributed by atoms with Gasteiger partial charge in [-0.1, -0.05) is 0 Å². The zero-order valence-corrected chi connectivity index (χ0v) is 11.5. The van der Waals surface area contributed by atoms with Gasteiger partial charge < -0.3 is 16.0 Å². The number of anilines is 2. The van der Waals surface area contributed by atoms with Crippen LogP contribution in [0, 0.1) is 12.8 Å². The third-order valence-corrected chi connectivity index (χ3v) is 4.56. The van der Waals surface area contributed by atoms with Gasteiger partial charge in [0.2, 0.25) is 0 Å². The molecular weight excluding hydrogens is 232 g/mol. The van der Waals surface area contributed by atoms with Gasteiger partial charge in [0, 0.05) is 12.1 Å². The Kier molecular flexibility index (Phi) is 4.23. The number of nitrogens with one attached hydrogen (secondary N) is 1. The summed E-state index contributed by atoms with van der Waals surface area (Å²) in [5.41, 5.74) is 6.82. The Bertz CT molecular complexity index is 355. The number of hydrogen-bond donors (Lipinski definition) is 2. The summed E-state index contributed by atoms with van der Waals surface area (Å²) in [6, 6.07) is 0. The van der Waals surface area contributed by atoms with Crippen molar-refractivity contribution >= 4 is 22.4 Å². The van der Waals surface area contributed by atoms with Gasteiger partial charge in [-0.2, -0.15) is 4.37 Å². The molecule has 0 atom stereocenters. The molecule has 1 aliphatic heterocycles. The first kappa shape index (κ1) is 12.6. The Balaban J connectivity index is 1.71. The molecule has 0 aliphatic carbocycles. The molecule has 0 spiro atoms. The summed E-state index contributed by atoms with van der Waals surface area (Å²) in [4.78, 5) is 2.41. The molecule has 5 heteroatoms. The largest absolute Gasteiger partial charge is 0.383 e. The minimum Gasteiger partial charge on any atom is -0.383 e. The summed E-state index contributed by atoms with van der Waals surface area (Å²) in [5.74, 6) is 1.54. The van der Waals surface area contributed by atoms with Gasteiger partial charge in [-0.25, -0.2) is 0 Å². The average Bonchev–Trinajstić information content (AvgIpc) is 2.64. The van der Waals surface area contributed by atoms with E-state index in [1.54, 1.807) is 0 Å². The van der Waals surface area contributed by atoms with Crippen LogP contribution in [0.1, 0.15) is 24.8 Å². The van der Waals surface area contributed by atoms with E-state index < -0.39 is 0 Å². The minimum absolute atomic E-state index is 0.664. The Morgan fingerprint density at radius 2 is 2.18 bits per heavy atom. The van der Waals surface area contributed by atoms with Crippen LogP contribution < -0.4 is 11.1 Å². The highest BCUT2D eigenvalue weighted by atomic mass is 32.1. The molecule has 0 bridgehead atoms. The molecule has 1 saturated heterocycles. The summed E-state index contributed by atoms with van der Waals surface area (Å²) in [5, 5.41) is 4.59. The SMILES string of the molecule is Cc1c(N)nsc1NCCC1CCN(C)CC1. The molecule has 0 radical (unpaired) electrons. The zero-order chi connectivity index (χ0) is 12.3. The molecule has 0 unspecified atom stereocenters. The third-order valence-electron chi connectivity index (χ3n) is 3.64. The van der Waals surface area contributed by atoms with Crippen LogP contribution in [0.4, 0.5) is 10.8 Å². The molecule has 4 nitrogen and oxygen atoms in total. The molecule has 96 valence electrons. The van der Waals surface area contributed by atoms with E-state index >= 15 is 0 Å². The molecule has 0 saturated carbocycles. The summed E-state index contributed by atoms with van der Waals surface area (Å²) >= 11 is 1.47. The van der Waals surface area contributed by atoms with E-state index in [0.29, 0.717) is 5.82 Å². The van der Waals surface area contributed by atoms with Crippen molar-refractivity contribution in [1.82, 2.24) is 9.27 Å². The van der Waals surface area contributed by atoms with Gasteiger partial charge in [0.15, 0.2) is 0 Å². The van der Waals surface area contributed by atoms with E-state index in [-0.39, 0.29) is 0 Å². The first-order valence-corrected chi connectivity index (χ1v) is 7.08. The first-order valence-electron chi connectivity index (χ1n) is 6.31. The van der Waals surface area contributed by atoms with Gasteiger partial charge >= 0.3 is 0 Å². The second-order valence-corrected chi connectivity index (χ2v) is 5.76. The number of nitrogen functional groups attached to an aromatic ring is 1. The molecule has 2 heterocycles. The van der Waals surface area contributed by atoms with Crippen LogP contribution >= 0.6 is 11.5 Å². The van der Waals surface area contributed by atoms with Crippen molar-refractivity contribution in [2.75, 3.05) is 37.7 Å². The Morgan fingerprint density at radius 3 is 2.76 bits per heavy atom. The van der Waals surface area contributed by atoms with E-state index in [2.05, 4.69) is 21.6 Å². The summed E-state index contributed by atoms with van der Waals surface area (Å²) in [6.07, 6.45) is 3.93. The van der Waals surface area contributed by atoms with Crippen molar-refractivity contribution in [2.45, 2.75) is 26.2 Å². The molecule has 2 rings (SSSR count). The molecule has 1 aromatic heterocycles. The standard InChI is InChI=1S/C12H22N4S/c1-9-11(13)15-17-12(9)14-6-3-10-4-7-16(2)8-5-10/h10,14H,3-8H2,1-2H3,(H2,13,15). The van der Waals surface area contributed by atoms with Crippen LogP contribution in [0.15, 0.2) is 0 Å². The van der Waals surface area contributed by atoms with Crippen molar-refractivity contribution in [2.24, 2.45) is 5.92 Å². The Morgan fingerprint density at radius 1 is 1.47 bits per heavy atom. The minimum atomic E-state index is 0.664. The molecule has 0 amide bonds. The predicted molar refractivity (Wildman–Crippen MR) is 74.6 cm³/mol. The fraction of sp³-hybridized carbons (Fsp3) is 0.750. The number of rotatable bonds is 4. The van der Waals surface area contributed by atoms with Crippen LogP contribution in [0.5, 0.6) is 0 Å². The highest BCUT2D eigenvalue weighted by molar-refractivity contribution is 7.10. The van der Waals surface area contributed by atoms with Crippen LogP contribution in [0.25, 0.3) is 0 Å². The fourth-order valence-electron chi connectivity index (χ4n) is 2.25. The van der Waals surface area contributed by atoms with Gasteiger partial charge in [0.25, 0.3) is 0 Å². The van der Waals surface area contributed by atoms with Gasteiger partial charge in [0.1, 0.15) is 10.8 Å². The molecule has 1 fully saturated rings. The fourth-order valence-corrected chi connectivity index (χ4v) is 2.99. The monoisotopic (exact) mass is 254 g/mol. The maximum Gasteiger partial charge on any atom is 0.142 e. The van der Waals surface area contributed by atoms with E-state index in [1.807, 2.05) is 6.92 Å². The topological polar surface area (TPSA) is 54.2 Å². The quantitative estimate of drug-likeness (QED) is 0.864. The van der Waals surface area contributed by atoms with Crippen molar-refractivity contribution in [1.29, 1.82) is 0 Å². The van der Waals surface area contributed by atoms with Crippen molar-refractivity contribution in [3.63, 3.8) is 0 Å². The lowest BCUT2D eigenvalue weighted by Crippen LogP contribution is -2.30. The van der Waals surface area contributed by atoms with Crippen molar-refractivity contribution in [3.8, 4) is 0 Å². The Labute approximate surface area is 107 Å². The maximum atomic E-state index is 5.72. The third kappa shape index (κ3) is 3.33.